The summed E-state index contributed by atoms with van der Waals surface area (Å²) in [6.45, 7) is 1.73. The molecule has 4 amide bonds. The monoisotopic (exact) mass is 581 g/mol. The number of aryl methyl sites for hydroxylation is 1. The number of urea groups is 1. The second-order valence-corrected chi connectivity index (χ2v) is 9.23. The van der Waals surface area contributed by atoms with Crippen molar-refractivity contribution in [3.8, 4) is 11.5 Å². The van der Waals surface area contributed by atoms with Crippen molar-refractivity contribution in [3.05, 3.63) is 93.3 Å². The van der Waals surface area contributed by atoms with Crippen molar-refractivity contribution in [1.29, 1.82) is 0 Å². The summed E-state index contributed by atoms with van der Waals surface area (Å²) >= 11 is 3.46. The van der Waals surface area contributed by atoms with Crippen LogP contribution in [0.25, 0.3) is 6.08 Å². The number of carbonyl (C=O) groups excluding carboxylic acids is 3. The van der Waals surface area contributed by atoms with Crippen molar-refractivity contribution in [2.75, 3.05) is 19.0 Å². The van der Waals surface area contributed by atoms with E-state index >= 15 is 0 Å². The molecule has 0 spiro atoms. The van der Waals surface area contributed by atoms with Gasteiger partial charge in [0.2, 0.25) is 5.91 Å². The molecule has 0 aromatic heterocycles. The number of anilines is 1. The molecule has 0 unspecified atom stereocenters. The number of halogens is 2. The lowest BCUT2D eigenvalue weighted by Gasteiger charge is -2.14. The number of imide groups is 1. The van der Waals surface area contributed by atoms with E-state index in [1.807, 2.05) is 19.1 Å². The molecule has 1 aliphatic rings. The van der Waals surface area contributed by atoms with E-state index in [2.05, 4.69) is 26.6 Å². The smallest absolute Gasteiger partial charge is 0.329 e. The van der Waals surface area contributed by atoms with E-state index < -0.39 is 24.4 Å². The number of methoxy groups -OCH3 is 1. The zero-order valence-corrected chi connectivity index (χ0v) is 22.3. The summed E-state index contributed by atoms with van der Waals surface area (Å²) in [5, 5.41) is 5.28. The molecule has 0 saturated carbocycles. The number of carbonyl (C=O) groups is 3. The van der Waals surface area contributed by atoms with Crippen molar-refractivity contribution in [3.63, 3.8) is 0 Å². The highest BCUT2D eigenvalue weighted by Gasteiger charge is 2.35. The van der Waals surface area contributed by atoms with Crippen LogP contribution >= 0.6 is 15.9 Å². The third-order valence-corrected chi connectivity index (χ3v) is 6.51. The Balaban J connectivity index is 1.47. The van der Waals surface area contributed by atoms with Crippen molar-refractivity contribution < 1.29 is 28.2 Å². The van der Waals surface area contributed by atoms with Gasteiger partial charge in [-0.3, -0.25) is 9.59 Å². The van der Waals surface area contributed by atoms with Crippen LogP contribution in [0.5, 0.6) is 11.5 Å². The molecule has 2 N–H and O–H groups in total. The topological polar surface area (TPSA) is 97.0 Å². The number of rotatable bonds is 9. The van der Waals surface area contributed by atoms with Gasteiger partial charge in [0, 0.05) is 10.2 Å². The molecule has 0 radical (unpaired) electrons. The van der Waals surface area contributed by atoms with Gasteiger partial charge in [-0.2, -0.15) is 0 Å². The van der Waals surface area contributed by atoms with Crippen LogP contribution in [0.2, 0.25) is 0 Å². The summed E-state index contributed by atoms with van der Waals surface area (Å²) < 4.78 is 25.0. The van der Waals surface area contributed by atoms with E-state index in [4.69, 9.17) is 9.47 Å². The van der Waals surface area contributed by atoms with Crippen molar-refractivity contribution in [2.45, 2.75) is 20.0 Å². The predicted molar refractivity (Wildman–Crippen MR) is 144 cm³/mol. The van der Waals surface area contributed by atoms with Crippen molar-refractivity contribution in [2.24, 2.45) is 0 Å². The van der Waals surface area contributed by atoms with Crippen LogP contribution in [0.1, 0.15) is 23.6 Å². The number of para-hydroxylation sites is 1. The molecule has 3 aromatic rings. The largest absolute Gasteiger partial charge is 0.493 e. The van der Waals surface area contributed by atoms with Crippen LogP contribution in [-0.2, 0) is 22.6 Å². The highest BCUT2D eigenvalue weighted by Crippen LogP contribution is 2.35. The Morgan fingerprint density at radius 1 is 1.11 bits per heavy atom. The Morgan fingerprint density at radius 2 is 1.84 bits per heavy atom. The summed E-state index contributed by atoms with van der Waals surface area (Å²) in [5.74, 6) is -0.623. The number of hydrogen-bond donors (Lipinski definition) is 2. The van der Waals surface area contributed by atoms with Gasteiger partial charge >= 0.3 is 6.03 Å². The Hall–Kier alpha value is -4.18. The zero-order chi connectivity index (χ0) is 27.2. The number of amides is 4. The molecule has 0 bridgehead atoms. The van der Waals surface area contributed by atoms with Crippen LogP contribution in [0.3, 0.4) is 0 Å². The maximum atomic E-state index is 13.1. The lowest BCUT2D eigenvalue weighted by Crippen LogP contribution is -2.38. The van der Waals surface area contributed by atoms with E-state index in [9.17, 15) is 18.8 Å². The van der Waals surface area contributed by atoms with Gasteiger partial charge in [0.15, 0.2) is 11.5 Å². The van der Waals surface area contributed by atoms with Crippen molar-refractivity contribution >= 4 is 45.5 Å². The van der Waals surface area contributed by atoms with Gasteiger partial charge in [-0.25, -0.2) is 14.1 Å². The lowest BCUT2D eigenvalue weighted by molar-refractivity contribution is -0.127. The van der Waals surface area contributed by atoms with Crippen LogP contribution in [0.15, 0.2) is 70.8 Å². The van der Waals surface area contributed by atoms with Crippen LogP contribution in [-0.4, -0.2) is 36.4 Å². The SMILES string of the molecule is CCc1ccccc1NC(=O)CN1C(=O)N/C(=C/c2cc(OC)c(OCc3ccc(F)cc3)cc2Br)C1=O. The minimum atomic E-state index is -0.692. The number of benzene rings is 3. The van der Waals surface area contributed by atoms with Crippen molar-refractivity contribution in [1.82, 2.24) is 10.2 Å². The molecule has 38 heavy (non-hydrogen) atoms. The van der Waals surface area contributed by atoms with Gasteiger partial charge in [-0.05, 0) is 59.5 Å². The van der Waals surface area contributed by atoms with Crippen LogP contribution < -0.4 is 20.1 Å². The predicted octanol–water partition coefficient (Wildman–Crippen LogP) is 5.27. The summed E-state index contributed by atoms with van der Waals surface area (Å²) in [5.41, 5.74) is 2.92. The first-order valence-electron chi connectivity index (χ1n) is 11.8. The number of nitrogens with one attached hydrogen (secondary N) is 2. The second kappa shape index (κ2) is 11.9. The summed E-state index contributed by atoms with van der Waals surface area (Å²) in [6.07, 6.45) is 2.21. The summed E-state index contributed by atoms with van der Waals surface area (Å²) in [4.78, 5) is 38.9. The third-order valence-electron chi connectivity index (χ3n) is 5.83. The standard InChI is InChI=1S/C28H25BrFN3O5/c1-3-18-6-4-5-7-22(18)31-26(34)15-33-27(35)23(32-28(33)36)12-19-13-24(37-2)25(14-21(19)29)38-16-17-8-10-20(30)11-9-17/h4-14H,3,15-16H2,1-2H3,(H,31,34)(H,32,36)/b23-12+. The summed E-state index contributed by atoms with van der Waals surface area (Å²) in [6, 6.07) is 15.9. The minimum Gasteiger partial charge on any atom is -0.493 e. The molecular formula is C28H25BrFN3O5. The molecule has 0 aliphatic carbocycles. The quantitative estimate of drug-likeness (QED) is 0.265. The molecule has 3 aromatic carbocycles. The van der Waals surface area contributed by atoms with Gasteiger partial charge in [0.1, 0.15) is 24.7 Å². The normalized spacial score (nSPS) is 14.0. The van der Waals surface area contributed by atoms with Gasteiger partial charge in [0.05, 0.1) is 7.11 Å². The average Bonchev–Trinajstić information content (AvgIpc) is 3.17. The van der Waals surface area contributed by atoms with Gasteiger partial charge in [0.25, 0.3) is 5.91 Å². The molecule has 8 nitrogen and oxygen atoms in total. The van der Waals surface area contributed by atoms with E-state index in [1.54, 1.807) is 36.4 Å². The highest BCUT2D eigenvalue weighted by molar-refractivity contribution is 9.10. The highest BCUT2D eigenvalue weighted by atomic mass is 79.9. The molecule has 1 saturated heterocycles. The van der Waals surface area contributed by atoms with Crippen LogP contribution in [0.4, 0.5) is 14.9 Å². The van der Waals surface area contributed by atoms with Gasteiger partial charge < -0.3 is 20.1 Å². The molecular weight excluding hydrogens is 557 g/mol. The first kappa shape index (κ1) is 26.9. The Kier molecular flexibility index (Phi) is 8.42. The number of ether oxygens (including phenoxy) is 2. The maximum Gasteiger partial charge on any atom is 0.329 e. The minimum absolute atomic E-state index is 0.0134. The van der Waals surface area contributed by atoms with E-state index in [1.165, 1.54) is 25.3 Å². The number of hydrogen-bond acceptors (Lipinski definition) is 5. The molecule has 0 atom stereocenters. The molecule has 1 heterocycles. The first-order chi connectivity index (χ1) is 18.3. The Bertz CT molecular complexity index is 1410. The molecule has 10 heteroatoms. The average molecular weight is 582 g/mol. The molecule has 4 rings (SSSR count). The Morgan fingerprint density at radius 3 is 2.55 bits per heavy atom. The summed E-state index contributed by atoms with van der Waals surface area (Å²) in [7, 11) is 1.48. The molecule has 1 fully saturated rings. The molecule has 196 valence electrons. The fraction of sp³-hybridized carbons (Fsp3) is 0.179. The number of nitrogens with zero attached hydrogens (tertiary/aromatic N) is 1. The van der Waals surface area contributed by atoms with Gasteiger partial charge in [-0.1, -0.05) is 53.2 Å². The van der Waals surface area contributed by atoms with Gasteiger partial charge in [-0.15, -0.1) is 0 Å². The second-order valence-electron chi connectivity index (χ2n) is 8.38. The van der Waals surface area contributed by atoms with E-state index in [0.29, 0.717) is 27.2 Å². The fourth-order valence-corrected chi connectivity index (χ4v) is 4.27. The maximum absolute atomic E-state index is 13.1. The van der Waals surface area contributed by atoms with E-state index in [-0.39, 0.29) is 18.1 Å². The lowest BCUT2D eigenvalue weighted by atomic mass is 10.1. The van der Waals surface area contributed by atoms with E-state index in [0.717, 1.165) is 22.4 Å². The van der Waals surface area contributed by atoms with Crippen LogP contribution in [0, 0.1) is 5.82 Å². The fourth-order valence-electron chi connectivity index (χ4n) is 3.83. The molecule has 1 aliphatic heterocycles. The first-order valence-corrected chi connectivity index (χ1v) is 12.6. The Labute approximate surface area is 227 Å². The third kappa shape index (κ3) is 6.20. The zero-order valence-electron chi connectivity index (χ0n) is 20.7.